The molecule has 0 amide bonds. The van der Waals surface area contributed by atoms with Crippen molar-refractivity contribution in [2.45, 2.75) is 19.9 Å². The molecule has 2 N–H and O–H groups in total. The van der Waals surface area contributed by atoms with Crippen LogP contribution in [0.4, 0.5) is 17.5 Å². The second-order valence-electron chi connectivity index (χ2n) is 6.16. The third-order valence-electron chi connectivity index (χ3n) is 4.10. The lowest BCUT2D eigenvalue weighted by Gasteiger charge is -2.16. The number of esters is 1. The number of carbonyl (C=O) groups is 1. The van der Waals surface area contributed by atoms with E-state index >= 15 is 0 Å². The summed E-state index contributed by atoms with van der Waals surface area (Å²) in [4.78, 5) is 20.9. The average Bonchev–Trinajstić information content (AvgIpc) is 2.68. The van der Waals surface area contributed by atoms with Gasteiger partial charge in [0.1, 0.15) is 5.82 Å². The molecule has 6 nitrogen and oxygen atoms in total. The van der Waals surface area contributed by atoms with E-state index in [1.54, 1.807) is 18.2 Å². The van der Waals surface area contributed by atoms with E-state index in [0.717, 1.165) is 5.69 Å². The summed E-state index contributed by atoms with van der Waals surface area (Å²) < 4.78 is 4.83. The molecule has 0 saturated carbocycles. The van der Waals surface area contributed by atoms with Crippen molar-refractivity contribution in [2.75, 3.05) is 17.7 Å². The lowest BCUT2D eigenvalue weighted by atomic mass is 10.1. The Kier molecular flexibility index (Phi) is 5.66. The minimum Gasteiger partial charge on any atom is -0.465 e. The van der Waals surface area contributed by atoms with Crippen molar-refractivity contribution in [3.8, 4) is 0 Å². The number of aryl methyl sites for hydroxylation is 1. The minimum atomic E-state index is -0.415. The van der Waals surface area contributed by atoms with Gasteiger partial charge in [-0.1, -0.05) is 42.5 Å². The quantitative estimate of drug-likeness (QED) is 0.629. The lowest BCUT2D eigenvalue weighted by Crippen LogP contribution is -2.11. The van der Waals surface area contributed by atoms with Gasteiger partial charge in [0.25, 0.3) is 0 Å². The molecule has 0 saturated heterocycles. The van der Waals surface area contributed by atoms with Gasteiger partial charge in [0.05, 0.1) is 18.4 Å². The van der Waals surface area contributed by atoms with Gasteiger partial charge in [0.15, 0.2) is 0 Å². The van der Waals surface area contributed by atoms with Crippen LogP contribution in [0.3, 0.4) is 0 Å². The molecule has 1 aromatic heterocycles. The van der Waals surface area contributed by atoms with Gasteiger partial charge in [-0.2, -0.15) is 4.98 Å². The van der Waals surface area contributed by atoms with Crippen LogP contribution in [0.2, 0.25) is 0 Å². The standard InChI is InChI=1S/C21H22N4O2/c1-14-13-19(23-15(2)16-9-5-4-6-10-16)25-21(22-14)24-18-12-8-7-11-17(18)20(26)27-3/h4-13,15H,1-3H3,(H2,22,23,24,25). The van der Waals surface area contributed by atoms with Gasteiger partial charge in [-0.25, -0.2) is 9.78 Å². The number of benzene rings is 2. The van der Waals surface area contributed by atoms with Crippen LogP contribution in [0.15, 0.2) is 60.7 Å². The first-order valence-corrected chi connectivity index (χ1v) is 8.68. The molecule has 6 heteroatoms. The number of rotatable bonds is 6. The summed E-state index contributed by atoms with van der Waals surface area (Å²) in [6.07, 6.45) is 0. The summed E-state index contributed by atoms with van der Waals surface area (Å²) in [5, 5.41) is 6.51. The summed E-state index contributed by atoms with van der Waals surface area (Å²) in [6.45, 7) is 3.98. The van der Waals surface area contributed by atoms with Gasteiger partial charge in [0, 0.05) is 17.8 Å². The Balaban J connectivity index is 1.83. The molecule has 0 spiro atoms. The SMILES string of the molecule is COC(=O)c1ccccc1Nc1nc(C)cc(NC(C)c2ccccc2)n1. The molecule has 1 unspecified atom stereocenters. The van der Waals surface area contributed by atoms with Crippen LogP contribution < -0.4 is 10.6 Å². The topological polar surface area (TPSA) is 76.1 Å². The first kappa shape index (κ1) is 18.4. The highest BCUT2D eigenvalue weighted by Gasteiger charge is 2.13. The molecule has 1 atom stereocenters. The van der Waals surface area contributed by atoms with E-state index in [2.05, 4.69) is 39.7 Å². The first-order chi connectivity index (χ1) is 13.1. The Morgan fingerprint density at radius 3 is 2.48 bits per heavy atom. The summed E-state index contributed by atoms with van der Waals surface area (Å²) in [5.74, 6) is 0.702. The largest absolute Gasteiger partial charge is 0.465 e. The van der Waals surface area contributed by atoms with E-state index in [9.17, 15) is 4.79 Å². The number of carbonyl (C=O) groups excluding carboxylic acids is 1. The maximum absolute atomic E-state index is 11.9. The average molecular weight is 362 g/mol. The maximum Gasteiger partial charge on any atom is 0.339 e. The van der Waals surface area contributed by atoms with E-state index < -0.39 is 5.97 Å². The Morgan fingerprint density at radius 1 is 1.04 bits per heavy atom. The number of methoxy groups -OCH3 is 1. The molecule has 1 heterocycles. The number of para-hydroxylation sites is 1. The number of aromatic nitrogens is 2. The number of anilines is 3. The number of hydrogen-bond acceptors (Lipinski definition) is 6. The molecule has 3 rings (SSSR count). The molecular formula is C21H22N4O2. The van der Waals surface area contributed by atoms with Crippen LogP contribution in [-0.4, -0.2) is 23.0 Å². The van der Waals surface area contributed by atoms with Gasteiger partial charge in [-0.05, 0) is 31.5 Å². The van der Waals surface area contributed by atoms with Crippen molar-refractivity contribution < 1.29 is 9.53 Å². The first-order valence-electron chi connectivity index (χ1n) is 8.68. The molecule has 0 radical (unpaired) electrons. The molecular weight excluding hydrogens is 340 g/mol. The van der Waals surface area contributed by atoms with Crippen LogP contribution in [0.5, 0.6) is 0 Å². The van der Waals surface area contributed by atoms with Crippen LogP contribution in [0.25, 0.3) is 0 Å². The molecule has 0 fully saturated rings. The van der Waals surface area contributed by atoms with Crippen molar-refractivity contribution in [3.63, 3.8) is 0 Å². The third kappa shape index (κ3) is 4.61. The summed E-state index contributed by atoms with van der Waals surface area (Å²) >= 11 is 0. The lowest BCUT2D eigenvalue weighted by molar-refractivity contribution is 0.0602. The second kappa shape index (κ2) is 8.31. The smallest absolute Gasteiger partial charge is 0.339 e. The van der Waals surface area contributed by atoms with Crippen LogP contribution in [0.1, 0.15) is 34.6 Å². The van der Waals surface area contributed by atoms with Crippen molar-refractivity contribution in [1.29, 1.82) is 0 Å². The van der Waals surface area contributed by atoms with E-state index in [-0.39, 0.29) is 6.04 Å². The fourth-order valence-corrected chi connectivity index (χ4v) is 2.75. The monoisotopic (exact) mass is 362 g/mol. The van der Waals surface area contributed by atoms with E-state index in [1.165, 1.54) is 12.7 Å². The zero-order valence-corrected chi connectivity index (χ0v) is 15.6. The second-order valence-corrected chi connectivity index (χ2v) is 6.16. The molecule has 2 aromatic carbocycles. The number of hydrogen-bond donors (Lipinski definition) is 2. The summed E-state index contributed by atoms with van der Waals surface area (Å²) in [5.41, 5.74) is 3.00. The highest BCUT2D eigenvalue weighted by molar-refractivity contribution is 5.96. The van der Waals surface area contributed by atoms with Gasteiger partial charge in [-0.3, -0.25) is 0 Å². The predicted octanol–water partition coefficient (Wildman–Crippen LogP) is 4.49. The normalized spacial score (nSPS) is 11.5. The molecule has 27 heavy (non-hydrogen) atoms. The highest BCUT2D eigenvalue weighted by atomic mass is 16.5. The van der Waals surface area contributed by atoms with Gasteiger partial charge in [0.2, 0.25) is 5.95 Å². The van der Waals surface area contributed by atoms with Crippen molar-refractivity contribution >= 4 is 23.4 Å². The van der Waals surface area contributed by atoms with Gasteiger partial charge in [-0.15, -0.1) is 0 Å². The predicted molar refractivity (Wildman–Crippen MR) is 106 cm³/mol. The summed E-state index contributed by atoms with van der Waals surface area (Å²) in [7, 11) is 1.36. The Labute approximate surface area is 158 Å². The molecule has 0 aliphatic rings. The van der Waals surface area contributed by atoms with Crippen molar-refractivity contribution in [2.24, 2.45) is 0 Å². The summed E-state index contributed by atoms with van der Waals surface area (Å²) in [6, 6.07) is 19.2. The molecule has 3 aromatic rings. The molecule has 138 valence electrons. The van der Waals surface area contributed by atoms with Crippen LogP contribution in [0, 0.1) is 6.92 Å². The molecule has 0 aliphatic carbocycles. The number of ether oxygens (including phenoxy) is 1. The zero-order valence-electron chi connectivity index (χ0n) is 15.6. The van der Waals surface area contributed by atoms with Crippen molar-refractivity contribution in [1.82, 2.24) is 9.97 Å². The Hall–Kier alpha value is -3.41. The third-order valence-corrected chi connectivity index (χ3v) is 4.10. The maximum atomic E-state index is 11.9. The number of nitrogens with zero attached hydrogens (tertiary/aromatic N) is 2. The fourth-order valence-electron chi connectivity index (χ4n) is 2.75. The van der Waals surface area contributed by atoms with E-state index in [0.29, 0.717) is 23.0 Å². The molecule has 0 aliphatic heterocycles. The fraction of sp³-hybridized carbons (Fsp3) is 0.190. The van der Waals surface area contributed by atoms with Crippen LogP contribution in [-0.2, 0) is 4.74 Å². The van der Waals surface area contributed by atoms with E-state index in [4.69, 9.17) is 4.74 Å². The highest BCUT2D eigenvalue weighted by Crippen LogP contribution is 2.23. The number of nitrogens with one attached hydrogen (secondary N) is 2. The zero-order chi connectivity index (χ0) is 19.2. The van der Waals surface area contributed by atoms with Gasteiger partial charge >= 0.3 is 5.97 Å². The van der Waals surface area contributed by atoms with Crippen molar-refractivity contribution in [3.05, 3.63) is 77.5 Å². The van der Waals surface area contributed by atoms with E-state index in [1.807, 2.05) is 37.3 Å². The molecule has 0 bridgehead atoms. The van der Waals surface area contributed by atoms with Gasteiger partial charge < -0.3 is 15.4 Å². The Morgan fingerprint density at radius 2 is 1.74 bits per heavy atom. The minimum absolute atomic E-state index is 0.0932. The Bertz CT molecular complexity index is 928. The van der Waals surface area contributed by atoms with Crippen LogP contribution >= 0.6 is 0 Å².